The molecule has 1 rings (SSSR count). The quantitative estimate of drug-likeness (QED) is 0.672. The number of carbonyl (C=O) groups is 2. The number of carboxylic acid groups (broad SMARTS) is 1. The summed E-state index contributed by atoms with van der Waals surface area (Å²) >= 11 is 0. The maximum absolute atomic E-state index is 12.2. The predicted octanol–water partition coefficient (Wildman–Crippen LogP) is -0.536. The number of amides is 1. The number of aliphatic carboxylic acids is 1. The maximum Gasteiger partial charge on any atom is 0.435 e. The highest BCUT2D eigenvalue weighted by atomic mass is 19.4. The Morgan fingerprint density at radius 1 is 1.47 bits per heavy atom. The van der Waals surface area contributed by atoms with E-state index in [0.29, 0.717) is 10.7 Å². The van der Waals surface area contributed by atoms with Crippen LogP contribution in [-0.4, -0.2) is 44.5 Å². The van der Waals surface area contributed by atoms with Crippen molar-refractivity contribution in [1.29, 1.82) is 0 Å². The standard InChI is InChI=1S/C9H10F3N3O4/c10-9(11,12)6-1-2-15(14-6)3-7(17)13-5(4-16)8(18)19/h1-2,5,16H,3-4H2,(H,13,17)(H,18,19). The molecule has 10 heteroatoms. The first-order chi connectivity index (χ1) is 8.74. The van der Waals surface area contributed by atoms with Crippen molar-refractivity contribution in [2.45, 2.75) is 18.8 Å². The lowest BCUT2D eigenvalue weighted by molar-refractivity contribution is -0.143. The van der Waals surface area contributed by atoms with E-state index in [9.17, 15) is 22.8 Å². The van der Waals surface area contributed by atoms with Crippen LogP contribution in [0.2, 0.25) is 0 Å². The Balaban J connectivity index is 2.62. The molecule has 0 aliphatic heterocycles. The van der Waals surface area contributed by atoms with Gasteiger partial charge in [0.15, 0.2) is 5.69 Å². The number of nitrogens with one attached hydrogen (secondary N) is 1. The van der Waals surface area contributed by atoms with Crippen LogP contribution in [0.15, 0.2) is 12.3 Å². The van der Waals surface area contributed by atoms with E-state index in [1.165, 1.54) is 0 Å². The molecule has 0 saturated heterocycles. The van der Waals surface area contributed by atoms with Crippen LogP contribution in [0.1, 0.15) is 5.69 Å². The van der Waals surface area contributed by atoms with Crippen molar-refractivity contribution >= 4 is 11.9 Å². The summed E-state index contributed by atoms with van der Waals surface area (Å²) in [6.45, 7) is -1.41. The van der Waals surface area contributed by atoms with Gasteiger partial charge in [0.2, 0.25) is 5.91 Å². The first-order valence-electron chi connectivity index (χ1n) is 4.97. The number of aromatic nitrogens is 2. The van der Waals surface area contributed by atoms with Gasteiger partial charge in [-0.15, -0.1) is 0 Å². The molecule has 7 nitrogen and oxygen atoms in total. The van der Waals surface area contributed by atoms with Gasteiger partial charge in [-0.2, -0.15) is 18.3 Å². The average Bonchev–Trinajstić information content (AvgIpc) is 2.73. The zero-order valence-electron chi connectivity index (χ0n) is 9.39. The van der Waals surface area contributed by atoms with Crippen LogP contribution in [0.3, 0.4) is 0 Å². The summed E-state index contributed by atoms with van der Waals surface area (Å²) in [5.74, 6) is -2.33. The fourth-order valence-electron chi connectivity index (χ4n) is 1.17. The number of halogens is 3. The van der Waals surface area contributed by atoms with Gasteiger partial charge >= 0.3 is 12.1 Å². The van der Waals surface area contributed by atoms with Gasteiger partial charge in [0.1, 0.15) is 12.6 Å². The number of carbonyl (C=O) groups excluding carboxylic acids is 1. The normalized spacial score (nSPS) is 13.1. The minimum absolute atomic E-state index is 0.583. The Labute approximate surface area is 104 Å². The Kier molecular flexibility index (Phi) is 4.48. The van der Waals surface area contributed by atoms with Crippen molar-refractivity contribution in [2.75, 3.05) is 6.61 Å². The molecule has 0 bridgehead atoms. The Hall–Kier alpha value is -2.10. The molecular formula is C9H10F3N3O4. The molecule has 0 aliphatic carbocycles. The molecule has 1 unspecified atom stereocenters. The second kappa shape index (κ2) is 5.69. The van der Waals surface area contributed by atoms with Crippen molar-refractivity contribution in [3.8, 4) is 0 Å². The number of rotatable bonds is 5. The number of hydrogen-bond donors (Lipinski definition) is 3. The number of aliphatic hydroxyl groups is 1. The molecule has 3 N–H and O–H groups in total. The van der Waals surface area contributed by atoms with Crippen molar-refractivity contribution < 1.29 is 33.0 Å². The van der Waals surface area contributed by atoms with Crippen LogP contribution < -0.4 is 5.32 Å². The number of aliphatic hydroxyl groups excluding tert-OH is 1. The fourth-order valence-corrected chi connectivity index (χ4v) is 1.17. The first kappa shape index (κ1) is 15.0. The van der Waals surface area contributed by atoms with Gasteiger partial charge in [-0.3, -0.25) is 9.48 Å². The van der Waals surface area contributed by atoms with Crippen LogP contribution in [0.4, 0.5) is 13.2 Å². The highest BCUT2D eigenvalue weighted by Gasteiger charge is 2.33. The third kappa shape index (κ3) is 4.25. The molecule has 0 aliphatic rings. The van der Waals surface area contributed by atoms with Crippen molar-refractivity contribution in [2.24, 2.45) is 0 Å². The molecule has 0 saturated carbocycles. The maximum atomic E-state index is 12.2. The summed E-state index contributed by atoms with van der Waals surface area (Å²) in [5.41, 5.74) is -1.16. The SMILES string of the molecule is O=C(Cn1ccc(C(F)(F)F)n1)NC(CO)C(=O)O. The number of nitrogens with zero attached hydrogens (tertiary/aromatic N) is 2. The van der Waals surface area contributed by atoms with Crippen LogP contribution in [0.5, 0.6) is 0 Å². The molecular weight excluding hydrogens is 271 g/mol. The van der Waals surface area contributed by atoms with E-state index < -0.39 is 42.9 Å². The van der Waals surface area contributed by atoms with E-state index in [2.05, 4.69) is 5.10 Å². The van der Waals surface area contributed by atoms with E-state index in [1.807, 2.05) is 5.32 Å². The van der Waals surface area contributed by atoms with E-state index >= 15 is 0 Å². The van der Waals surface area contributed by atoms with Crippen LogP contribution in [0.25, 0.3) is 0 Å². The van der Waals surface area contributed by atoms with Gasteiger partial charge in [0, 0.05) is 6.20 Å². The molecule has 1 aromatic heterocycles. The molecule has 19 heavy (non-hydrogen) atoms. The van der Waals surface area contributed by atoms with E-state index in [0.717, 1.165) is 6.20 Å². The summed E-state index contributed by atoms with van der Waals surface area (Å²) in [4.78, 5) is 21.8. The molecule has 0 aromatic carbocycles. The van der Waals surface area contributed by atoms with Crippen molar-refractivity contribution in [3.05, 3.63) is 18.0 Å². The van der Waals surface area contributed by atoms with Gasteiger partial charge < -0.3 is 15.5 Å². The number of alkyl halides is 3. The third-order valence-electron chi connectivity index (χ3n) is 2.05. The molecule has 1 aromatic rings. The largest absolute Gasteiger partial charge is 0.480 e. The number of hydrogen-bond acceptors (Lipinski definition) is 4. The lowest BCUT2D eigenvalue weighted by Crippen LogP contribution is -2.44. The van der Waals surface area contributed by atoms with Gasteiger partial charge in [-0.25, -0.2) is 4.79 Å². The summed E-state index contributed by atoms with van der Waals surface area (Å²) in [5, 5.41) is 22.3. The van der Waals surface area contributed by atoms with E-state index in [1.54, 1.807) is 0 Å². The third-order valence-corrected chi connectivity index (χ3v) is 2.05. The second-order valence-corrected chi connectivity index (χ2v) is 3.54. The lowest BCUT2D eigenvalue weighted by Gasteiger charge is -2.11. The molecule has 1 atom stereocenters. The van der Waals surface area contributed by atoms with Gasteiger partial charge in [-0.1, -0.05) is 0 Å². The topological polar surface area (TPSA) is 104 Å². The zero-order chi connectivity index (χ0) is 14.6. The molecule has 106 valence electrons. The summed E-state index contributed by atoms with van der Waals surface area (Å²) in [7, 11) is 0. The fraction of sp³-hybridized carbons (Fsp3) is 0.444. The Bertz CT molecular complexity index is 472. The monoisotopic (exact) mass is 281 g/mol. The van der Waals surface area contributed by atoms with Gasteiger partial charge in [0.05, 0.1) is 6.61 Å². The molecule has 0 radical (unpaired) electrons. The highest BCUT2D eigenvalue weighted by Crippen LogP contribution is 2.27. The molecule has 1 amide bonds. The zero-order valence-corrected chi connectivity index (χ0v) is 9.39. The van der Waals surface area contributed by atoms with Crippen molar-refractivity contribution in [1.82, 2.24) is 15.1 Å². The Morgan fingerprint density at radius 3 is 2.53 bits per heavy atom. The summed E-state index contributed by atoms with van der Waals surface area (Å²) < 4.78 is 37.4. The summed E-state index contributed by atoms with van der Waals surface area (Å²) in [6.07, 6.45) is -3.67. The summed E-state index contributed by atoms with van der Waals surface area (Å²) in [6, 6.07) is -0.821. The number of carboxylic acids is 1. The average molecular weight is 281 g/mol. The second-order valence-electron chi connectivity index (χ2n) is 3.54. The minimum atomic E-state index is -4.61. The van der Waals surface area contributed by atoms with E-state index in [4.69, 9.17) is 10.2 Å². The smallest absolute Gasteiger partial charge is 0.435 e. The van der Waals surface area contributed by atoms with Gasteiger partial charge in [-0.05, 0) is 6.07 Å². The van der Waals surface area contributed by atoms with Gasteiger partial charge in [0.25, 0.3) is 0 Å². The van der Waals surface area contributed by atoms with Crippen LogP contribution in [0, 0.1) is 0 Å². The minimum Gasteiger partial charge on any atom is -0.480 e. The first-order valence-corrected chi connectivity index (χ1v) is 4.97. The lowest BCUT2D eigenvalue weighted by atomic mass is 10.3. The highest BCUT2D eigenvalue weighted by molar-refractivity contribution is 5.83. The molecule has 0 spiro atoms. The Morgan fingerprint density at radius 2 is 2.11 bits per heavy atom. The van der Waals surface area contributed by atoms with Crippen LogP contribution in [-0.2, 0) is 22.3 Å². The molecule has 0 fully saturated rings. The molecule has 1 heterocycles. The van der Waals surface area contributed by atoms with Crippen molar-refractivity contribution in [3.63, 3.8) is 0 Å². The van der Waals surface area contributed by atoms with E-state index in [-0.39, 0.29) is 0 Å². The predicted molar refractivity (Wildman–Crippen MR) is 53.9 cm³/mol. The van der Waals surface area contributed by atoms with Crippen LogP contribution >= 0.6 is 0 Å².